The molecule has 0 saturated carbocycles. The first kappa shape index (κ1) is 18.9. The van der Waals surface area contributed by atoms with Crippen LogP contribution in [0.25, 0.3) is 10.8 Å². The van der Waals surface area contributed by atoms with Gasteiger partial charge in [-0.05, 0) is 30.5 Å². The van der Waals surface area contributed by atoms with Crippen LogP contribution in [0, 0.1) is 19.3 Å². The second kappa shape index (κ2) is 9.18. The third-order valence-corrected chi connectivity index (χ3v) is 4.30. The van der Waals surface area contributed by atoms with Gasteiger partial charge in [0, 0.05) is 24.2 Å². The van der Waals surface area contributed by atoms with Crippen molar-refractivity contribution in [2.75, 3.05) is 19.7 Å². The number of ether oxygens (including phenoxy) is 1. The zero-order chi connectivity index (χ0) is 19.1. The van der Waals surface area contributed by atoms with Crippen molar-refractivity contribution in [2.24, 2.45) is 0 Å². The average molecular weight is 360 g/mol. The highest BCUT2D eigenvalue weighted by Gasteiger charge is 2.14. The number of benzene rings is 2. The summed E-state index contributed by atoms with van der Waals surface area (Å²) in [6.07, 6.45) is 4.84. The van der Waals surface area contributed by atoms with Crippen LogP contribution < -0.4 is 4.74 Å². The zero-order valence-corrected chi connectivity index (χ0v) is 15.5. The van der Waals surface area contributed by atoms with Crippen LogP contribution in [0.4, 0.5) is 0 Å². The first-order chi connectivity index (χ1) is 13.2. The zero-order valence-electron chi connectivity index (χ0n) is 15.5. The number of aromatic nitrogens is 1. The monoisotopic (exact) mass is 360 g/mol. The number of aryl methyl sites for hydroxylation is 1. The minimum Gasteiger partial charge on any atom is -0.490 e. The minimum atomic E-state index is -0.651. The third-order valence-electron chi connectivity index (χ3n) is 4.30. The van der Waals surface area contributed by atoms with Crippen LogP contribution in [0.15, 0.2) is 60.7 Å². The van der Waals surface area contributed by atoms with Crippen molar-refractivity contribution in [3.05, 3.63) is 72.1 Å². The summed E-state index contributed by atoms with van der Waals surface area (Å²) in [6.45, 7) is 3.63. The number of rotatable bonds is 8. The molecule has 4 heteroatoms. The molecule has 0 aliphatic heterocycles. The molecule has 0 aliphatic rings. The summed E-state index contributed by atoms with van der Waals surface area (Å²) in [5, 5.41) is 12.6. The Morgan fingerprint density at radius 2 is 1.89 bits per heavy atom. The van der Waals surface area contributed by atoms with Gasteiger partial charge in [0.05, 0.1) is 12.2 Å². The fourth-order valence-corrected chi connectivity index (χ4v) is 3.09. The first-order valence-electron chi connectivity index (χ1n) is 9.02. The van der Waals surface area contributed by atoms with Crippen LogP contribution in [0.1, 0.15) is 11.4 Å². The second-order valence-electron chi connectivity index (χ2n) is 6.59. The van der Waals surface area contributed by atoms with Crippen LogP contribution >= 0.6 is 0 Å². The van der Waals surface area contributed by atoms with Crippen molar-refractivity contribution >= 4 is 10.8 Å². The van der Waals surface area contributed by atoms with Gasteiger partial charge in [0.2, 0.25) is 0 Å². The Morgan fingerprint density at radius 1 is 1.11 bits per heavy atom. The van der Waals surface area contributed by atoms with E-state index < -0.39 is 6.10 Å². The number of pyridine rings is 1. The van der Waals surface area contributed by atoms with Crippen LogP contribution in [-0.2, 0) is 6.54 Å². The van der Waals surface area contributed by atoms with Gasteiger partial charge >= 0.3 is 0 Å². The normalized spacial score (nSPS) is 12.1. The van der Waals surface area contributed by atoms with E-state index in [9.17, 15) is 5.11 Å². The van der Waals surface area contributed by atoms with Gasteiger partial charge in [-0.1, -0.05) is 48.4 Å². The Labute approximate surface area is 160 Å². The predicted molar refractivity (Wildman–Crippen MR) is 109 cm³/mol. The van der Waals surface area contributed by atoms with Crippen molar-refractivity contribution in [3.63, 3.8) is 0 Å². The molecule has 1 heterocycles. The molecule has 0 saturated heterocycles. The van der Waals surface area contributed by atoms with Crippen LogP contribution in [-0.4, -0.2) is 40.8 Å². The van der Waals surface area contributed by atoms with E-state index in [1.54, 1.807) is 0 Å². The Balaban J connectivity index is 1.60. The van der Waals surface area contributed by atoms with E-state index in [0.29, 0.717) is 19.6 Å². The van der Waals surface area contributed by atoms with Gasteiger partial charge in [0.25, 0.3) is 0 Å². The van der Waals surface area contributed by atoms with E-state index in [1.807, 2.05) is 72.5 Å². The number of terminal acetylenes is 1. The summed E-state index contributed by atoms with van der Waals surface area (Å²) in [6, 6.07) is 19.9. The Morgan fingerprint density at radius 3 is 2.70 bits per heavy atom. The van der Waals surface area contributed by atoms with Crippen molar-refractivity contribution < 1.29 is 9.84 Å². The Hall–Kier alpha value is -2.87. The van der Waals surface area contributed by atoms with Crippen LogP contribution in [0.2, 0.25) is 0 Å². The Bertz CT molecular complexity index is 928. The largest absolute Gasteiger partial charge is 0.490 e. The molecule has 3 rings (SSSR count). The predicted octanol–water partition coefficient (Wildman–Crippen LogP) is 3.42. The fraction of sp³-hybridized carbons (Fsp3) is 0.261. The van der Waals surface area contributed by atoms with Gasteiger partial charge in [0.15, 0.2) is 0 Å². The van der Waals surface area contributed by atoms with E-state index in [1.165, 1.54) is 0 Å². The number of aliphatic hydroxyl groups is 1. The minimum absolute atomic E-state index is 0.205. The standard InChI is InChI=1S/C23H24N2O2/c1-3-14-25(15-20-11-6-8-18(2)24-20)16-21(26)17-27-23-13-7-10-19-9-4-5-12-22(19)23/h1,4-13,21,26H,14-17H2,2H3. The number of nitrogens with zero attached hydrogens (tertiary/aromatic N) is 2. The molecule has 0 amide bonds. The van der Waals surface area contributed by atoms with Crippen molar-refractivity contribution in [1.29, 1.82) is 0 Å². The molecule has 1 aromatic heterocycles. The highest BCUT2D eigenvalue weighted by Crippen LogP contribution is 2.25. The van der Waals surface area contributed by atoms with E-state index in [0.717, 1.165) is 27.9 Å². The molecule has 3 aromatic rings. The molecule has 0 aliphatic carbocycles. The number of fused-ring (bicyclic) bond motifs is 1. The average Bonchev–Trinajstić information content (AvgIpc) is 2.66. The maximum Gasteiger partial charge on any atom is 0.127 e. The summed E-state index contributed by atoms with van der Waals surface area (Å²) in [4.78, 5) is 6.51. The summed E-state index contributed by atoms with van der Waals surface area (Å²) < 4.78 is 5.89. The SMILES string of the molecule is C#CCN(Cc1cccc(C)n1)CC(O)COc1cccc2ccccc12. The lowest BCUT2D eigenvalue weighted by Crippen LogP contribution is -2.35. The molecular weight excluding hydrogens is 336 g/mol. The van der Waals surface area contributed by atoms with Crippen molar-refractivity contribution in [2.45, 2.75) is 19.6 Å². The summed E-state index contributed by atoms with van der Waals surface area (Å²) in [5.41, 5.74) is 1.90. The molecule has 2 aromatic carbocycles. The summed E-state index contributed by atoms with van der Waals surface area (Å²) >= 11 is 0. The van der Waals surface area contributed by atoms with Crippen molar-refractivity contribution in [1.82, 2.24) is 9.88 Å². The molecular formula is C23H24N2O2. The number of aliphatic hydroxyl groups excluding tert-OH is 1. The molecule has 4 nitrogen and oxygen atoms in total. The lowest BCUT2D eigenvalue weighted by atomic mass is 10.1. The molecule has 0 bridgehead atoms. The van der Waals surface area contributed by atoms with Crippen LogP contribution in [0.5, 0.6) is 5.75 Å². The lowest BCUT2D eigenvalue weighted by Gasteiger charge is -2.23. The van der Waals surface area contributed by atoms with Gasteiger partial charge in [-0.2, -0.15) is 0 Å². The molecule has 0 spiro atoms. The molecule has 0 radical (unpaired) electrons. The van der Waals surface area contributed by atoms with Crippen LogP contribution in [0.3, 0.4) is 0 Å². The maximum atomic E-state index is 10.5. The van der Waals surface area contributed by atoms with Gasteiger partial charge < -0.3 is 9.84 Å². The maximum absolute atomic E-state index is 10.5. The molecule has 138 valence electrons. The molecule has 0 fully saturated rings. The molecule has 27 heavy (non-hydrogen) atoms. The summed E-state index contributed by atoms with van der Waals surface area (Å²) in [7, 11) is 0. The van der Waals surface area contributed by atoms with Gasteiger partial charge in [0.1, 0.15) is 18.5 Å². The molecule has 1 N–H and O–H groups in total. The second-order valence-corrected chi connectivity index (χ2v) is 6.59. The Kier molecular flexibility index (Phi) is 6.43. The van der Waals surface area contributed by atoms with Gasteiger partial charge in [-0.3, -0.25) is 9.88 Å². The van der Waals surface area contributed by atoms with Gasteiger partial charge in [-0.25, -0.2) is 0 Å². The molecule has 1 unspecified atom stereocenters. The van der Waals surface area contributed by atoms with E-state index in [4.69, 9.17) is 11.2 Å². The topological polar surface area (TPSA) is 45.6 Å². The van der Waals surface area contributed by atoms with E-state index in [2.05, 4.69) is 10.9 Å². The quantitative estimate of drug-likeness (QED) is 0.625. The number of hydrogen-bond acceptors (Lipinski definition) is 4. The van der Waals surface area contributed by atoms with E-state index >= 15 is 0 Å². The molecule has 1 atom stereocenters. The fourth-order valence-electron chi connectivity index (χ4n) is 3.09. The highest BCUT2D eigenvalue weighted by molar-refractivity contribution is 5.88. The lowest BCUT2D eigenvalue weighted by molar-refractivity contribution is 0.0705. The third kappa shape index (κ3) is 5.30. The summed E-state index contributed by atoms with van der Waals surface area (Å²) in [5.74, 6) is 3.43. The smallest absolute Gasteiger partial charge is 0.127 e. The highest BCUT2D eigenvalue weighted by atomic mass is 16.5. The van der Waals surface area contributed by atoms with Crippen molar-refractivity contribution in [3.8, 4) is 18.1 Å². The van der Waals surface area contributed by atoms with Gasteiger partial charge in [-0.15, -0.1) is 6.42 Å². The van der Waals surface area contributed by atoms with E-state index in [-0.39, 0.29) is 6.61 Å². The first-order valence-corrected chi connectivity index (χ1v) is 9.02. The number of hydrogen-bond donors (Lipinski definition) is 1.